The Balaban J connectivity index is 1.99. The molecule has 0 unspecified atom stereocenters. The lowest BCUT2D eigenvalue weighted by atomic mass is 10.4. The molecule has 0 saturated heterocycles. The van der Waals surface area contributed by atoms with Gasteiger partial charge in [0.05, 0.1) is 7.11 Å². The fourth-order valence-corrected chi connectivity index (χ4v) is 1.16. The number of rotatable bonds is 4. The lowest BCUT2D eigenvalue weighted by molar-refractivity contribution is 0.397. The first-order valence-electron chi connectivity index (χ1n) is 4.49. The monoisotopic (exact) mass is 179 g/mol. The van der Waals surface area contributed by atoms with Crippen molar-refractivity contribution in [1.29, 1.82) is 0 Å². The molecule has 1 aliphatic rings. The van der Waals surface area contributed by atoms with Crippen molar-refractivity contribution < 1.29 is 4.74 Å². The molecule has 0 aliphatic heterocycles. The summed E-state index contributed by atoms with van der Waals surface area (Å²) in [5.74, 6) is 2.15. The van der Waals surface area contributed by atoms with Crippen LogP contribution in [0.25, 0.3) is 0 Å². The van der Waals surface area contributed by atoms with E-state index in [-0.39, 0.29) is 0 Å². The molecular weight excluding hydrogens is 166 g/mol. The van der Waals surface area contributed by atoms with Crippen molar-refractivity contribution in [2.75, 3.05) is 19.0 Å². The van der Waals surface area contributed by atoms with Crippen molar-refractivity contribution in [1.82, 2.24) is 9.97 Å². The molecule has 1 N–H and O–H groups in total. The van der Waals surface area contributed by atoms with Crippen LogP contribution in [0.15, 0.2) is 12.4 Å². The molecule has 1 aromatic rings. The van der Waals surface area contributed by atoms with Gasteiger partial charge in [-0.15, -0.1) is 0 Å². The van der Waals surface area contributed by atoms with E-state index in [0.717, 1.165) is 18.3 Å². The number of aromatic nitrogens is 2. The molecule has 70 valence electrons. The van der Waals surface area contributed by atoms with Gasteiger partial charge in [-0.05, 0) is 18.8 Å². The summed E-state index contributed by atoms with van der Waals surface area (Å²) in [7, 11) is 1.60. The fourth-order valence-electron chi connectivity index (χ4n) is 1.16. The van der Waals surface area contributed by atoms with Gasteiger partial charge in [-0.1, -0.05) is 0 Å². The van der Waals surface area contributed by atoms with Crippen LogP contribution >= 0.6 is 0 Å². The van der Waals surface area contributed by atoms with Crippen LogP contribution in [0.4, 0.5) is 5.82 Å². The van der Waals surface area contributed by atoms with Crippen LogP contribution in [0.2, 0.25) is 0 Å². The maximum Gasteiger partial charge on any atom is 0.257 e. The molecule has 1 aliphatic carbocycles. The zero-order valence-corrected chi connectivity index (χ0v) is 7.66. The summed E-state index contributed by atoms with van der Waals surface area (Å²) >= 11 is 0. The summed E-state index contributed by atoms with van der Waals surface area (Å²) in [6, 6.07) is 0. The van der Waals surface area contributed by atoms with E-state index in [0.29, 0.717) is 5.88 Å². The maximum atomic E-state index is 5.06. The molecule has 0 atom stereocenters. The molecule has 1 heterocycles. The molecule has 0 amide bonds. The Labute approximate surface area is 77.4 Å². The molecule has 1 fully saturated rings. The summed E-state index contributed by atoms with van der Waals surface area (Å²) in [5, 5.41) is 3.23. The van der Waals surface area contributed by atoms with Crippen molar-refractivity contribution in [3.8, 4) is 5.88 Å². The van der Waals surface area contributed by atoms with Gasteiger partial charge >= 0.3 is 0 Å². The second kappa shape index (κ2) is 3.60. The molecular formula is C9H13N3O. The maximum absolute atomic E-state index is 5.06. The van der Waals surface area contributed by atoms with E-state index in [1.807, 2.05) is 0 Å². The molecule has 0 spiro atoms. The summed E-state index contributed by atoms with van der Waals surface area (Å²) in [6.07, 6.45) is 5.95. The van der Waals surface area contributed by atoms with Crippen LogP contribution in [-0.2, 0) is 0 Å². The van der Waals surface area contributed by atoms with Crippen molar-refractivity contribution in [3.63, 3.8) is 0 Å². The molecule has 13 heavy (non-hydrogen) atoms. The van der Waals surface area contributed by atoms with Crippen LogP contribution in [0.3, 0.4) is 0 Å². The van der Waals surface area contributed by atoms with Gasteiger partial charge in [0.25, 0.3) is 5.88 Å². The van der Waals surface area contributed by atoms with Gasteiger partial charge < -0.3 is 10.1 Å². The number of methoxy groups -OCH3 is 1. The lowest BCUT2D eigenvalue weighted by Crippen LogP contribution is -2.07. The van der Waals surface area contributed by atoms with Crippen LogP contribution in [0, 0.1) is 5.92 Å². The molecule has 0 bridgehead atoms. The number of anilines is 1. The molecule has 1 aromatic heterocycles. The summed E-state index contributed by atoms with van der Waals surface area (Å²) < 4.78 is 5.06. The van der Waals surface area contributed by atoms with Gasteiger partial charge in [0.1, 0.15) is 0 Å². The number of nitrogens with zero attached hydrogens (tertiary/aromatic N) is 2. The average molecular weight is 179 g/mol. The highest BCUT2D eigenvalue weighted by Crippen LogP contribution is 2.29. The largest absolute Gasteiger partial charge is 0.478 e. The van der Waals surface area contributed by atoms with E-state index in [1.54, 1.807) is 19.5 Å². The minimum Gasteiger partial charge on any atom is -0.478 e. The summed E-state index contributed by atoms with van der Waals surface area (Å²) in [6.45, 7) is 0.981. The normalized spacial score (nSPS) is 15.5. The zero-order chi connectivity index (χ0) is 9.10. The van der Waals surface area contributed by atoms with Gasteiger partial charge in [-0.3, -0.25) is 0 Å². The number of hydrogen-bond acceptors (Lipinski definition) is 4. The molecule has 4 heteroatoms. The molecule has 0 radical (unpaired) electrons. The third-order valence-corrected chi connectivity index (χ3v) is 2.11. The van der Waals surface area contributed by atoms with Crippen molar-refractivity contribution in [2.24, 2.45) is 5.92 Å². The first-order valence-corrected chi connectivity index (χ1v) is 4.49. The SMILES string of the molecule is COc1nccnc1NCC1CC1. The topological polar surface area (TPSA) is 47.0 Å². The first kappa shape index (κ1) is 8.29. The second-order valence-electron chi connectivity index (χ2n) is 3.24. The van der Waals surface area contributed by atoms with Gasteiger partial charge in [0.15, 0.2) is 5.82 Å². The van der Waals surface area contributed by atoms with E-state index < -0.39 is 0 Å². The Morgan fingerprint density at radius 1 is 1.46 bits per heavy atom. The minimum absolute atomic E-state index is 0.572. The highest BCUT2D eigenvalue weighted by atomic mass is 16.5. The summed E-state index contributed by atoms with van der Waals surface area (Å²) in [5.41, 5.74) is 0. The van der Waals surface area contributed by atoms with Gasteiger partial charge in [-0.2, -0.15) is 0 Å². The van der Waals surface area contributed by atoms with E-state index in [9.17, 15) is 0 Å². The molecule has 0 aromatic carbocycles. The summed E-state index contributed by atoms with van der Waals surface area (Å²) in [4.78, 5) is 8.20. The van der Waals surface area contributed by atoms with E-state index in [1.165, 1.54) is 12.8 Å². The lowest BCUT2D eigenvalue weighted by Gasteiger charge is -2.06. The number of ether oxygens (including phenoxy) is 1. The van der Waals surface area contributed by atoms with Crippen LogP contribution in [-0.4, -0.2) is 23.6 Å². The average Bonchev–Trinajstić information content (AvgIpc) is 2.99. The van der Waals surface area contributed by atoms with Gasteiger partial charge in [-0.25, -0.2) is 9.97 Å². The van der Waals surface area contributed by atoms with Gasteiger partial charge in [0, 0.05) is 18.9 Å². The Kier molecular flexibility index (Phi) is 2.29. The van der Waals surface area contributed by atoms with E-state index in [4.69, 9.17) is 4.74 Å². The highest BCUT2D eigenvalue weighted by molar-refractivity contribution is 5.44. The third kappa shape index (κ3) is 2.08. The Morgan fingerprint density at radius 3 is 2.92 bits per heavy atom. The molecule has 2 rings (SSSR count). The zero-order valence-electron chi connectivity index (χ0n) is 7.66. The van der Waals surface area contributed by atoms with Gasteiger partial charge in [0.2, 0.25) is 0 Å². The number of nitrogens with one attached hydrogen (secondary N) is 1. The van der Waals surface area contributed by atoms with E-state index >= 15 is 0 Å². The van der Waals surface area contributed by atoms with Crippen LogP contribution < -0.4 is 10.1 Å². The van der Waals surface area contributed by atoms with Crippen LogP contribution in [0.5, 0.6) is 5.88 Å². The smallest absolute Gasteiger partial charge is 0.257 e. The Hall–Kier alpha value is -1.32. The van der Waals surface area contributed by atoms with E-state index in [2.05, 4.69) is 15.3 Å². The molecule has 4 nitrogen and oxygen atoms in total. The standard InChI is InChI=1S/C9H13N3O/c1-13-9-8(10-4-5-11-9)12-6-7-2-3-7/h4-5,7H,2-3,6H2,1H3,(H,10,12). The quantitative estimate of drug-likeness (QED) is 0.757. The van der Waals surface area contributed by atoms with Crippen molar-refractivity contribution in [2.45, 2.75) is 12.8 Å². The highest BCUT2D eigenvalue weighted by Gasteiger charge is 2.21. The second-order valence-corrected chi connectivity index (χ2v) is 3.24. The minimum atomic E-state index is 0.572. The first-order chi connectivity index (χ1) is 6.40. The number of hydrogen-bond donors (Lipinski definition) is 1. The Bertz CT molecular complexity index is 286. The molecule has 1 saturated carbocycles. The Morgan fingerprint density at radius 2 is 2.23 bits per heavy atom. The van der Waals surface area contributed by atoms with Crippen molar-refractivity contribution >= 4 is 5.82 Å². The predicted octanol–water partition coefficient (Wildman–Crippen LogP) is 1.31. The third-order valence-electron chi connectivity index (χ3n) is 2.11. The fraction of sp³-hybridized carbons (Fsp3) is 0.556. The van der Waals surface area contributed by atoms with Crippen LogP contribution in [0.1, 0.15) is 12.8 Å². The predicted molar refractivity (Wildman–Crippen MR) is 49.8 cm³/mol. The van der Waals surface area contributed by atoms with Crippen molar-refractivity contribution in [3.05, 3.63) is 12.4 Å².